The normalized spacial score (nSPS) is 11.1. The quantitative estimate of drug-likeness (QED) is 0.566. The largest absolute Gasteiger partial charge is 0.338 e. The van der Waals surface area contributed by atoms with Crippen LogP contribution in [0, 0.1) is 0 Å². The Morgan fingerprint density at radius 2 is 1.86 bits per heavy atom. The van der Waals surface area contributed by atoms with Crippen molar-refractivity contribution in [3.63, 3.8) is 0 Å². The number of carbonyl (C=O) groups excluding carboxylic acids is 1. The van der Waals surface area contributed by atoms with Crippen LogP contribution in [0.3, 0.4) is 0 Å². The fourth-order valence-electron chi connectivity index (χ4n) is 2.63. The summed E-state index contributed by atoms with van der Waals surface area (Å²) in [4.78, 5) is 16.3. The SMILES string of the molecule is O=C(NCCCS(=O)(=O)Cc1ccccc1)Nc1cccnc1-n1cccn1. The molecule has 2 heterocycles. The molecule has 0 saturated heterocycles. The fourth-order valence-corrected chi connectivity index (χ4v) is 4.06. The first-order chi connectivity index (χ1) is 13.5. The lowest BCUT2D eigenvalue weighted by molar-refractivity contribution is 0.252. The number of hydrogen-bond donors (Lipinski definition) is 2. The standard InChI is InChI=1S/C19H21N5O3S/c25-19(23-17-9-4-10-20-18(17)24-13-5-12-22-24)21-11-6-14-28(26,27)15-16-7-2-1-3-8-16/h1-5,7-10,12-13H,6,11,14-15H2,(H2,21,23,25). The number of amides is 2. The first kappa shape index (κ1) is 19.6. The number of hydrogen-bond acceptors (Lipinski definition) is 5. The van der Waals surface area contributed by atoms with Gasteiger partial charge < -0.3 is 10.6 Å². The van der Waals surface area contributed by atoms with E-state index in [1.54, 1.807) is 53.6 Å². The van der Waals surface area contributed by atoms with Gasteiger partial charge in [0, 0.05) is 25.1 Å². The minimum atomic E-state index is -3.22. The van der Waals surface area contributed by atoms with Crippen LogP contribution in [0.1, 0.15) is 12.0 Å². The minimum absolute atomic E-state index is 0.00293. The third kappa shape index (κ3) is 5.65. The van der Waals surface area contributed by atoms with E-state index in [9.17, 15) is 13.2 Å². The van der Waals surface area contributed by atoms with Crippen molar-refractivity contribution >= 4 is 21.6 Å². The Morgan fingerprint density at radius 1 is 1.04 bits per heavy atom. The monoisotopic (exact) mass is 399 g/mol. The van der Waals surface area contributed by atoms with Gasteiger partial charge in [-0.15, -0.1) is 0 Å². The van der Waals surface area contributed by atoms with E-state index in [0.29, 0.717) is 17.9 Å². The van der Waals surface area contributed by atoms with Crippen molar-refractivity contribution in [1.29, 1.82) is 0 Å². The molecule has 0 atom stereocenters. The molecule has 28 heavy (non-hydrogen) atoms. The zero-order valence-electron chi connectivity index (χ0n) is 15.2. The van der Waals surface area contributed by atoms with Crippen molar-refractivity contribution in [2.24, 2.45) is 0 Å². The molecule has 0 spiro atoms. The maximum absolute atomic E-state index is 12.2. The Hall–Kier alpha value is -3.20. The van der Waals surface area contributed by atoms with Gasteiger partial charge in [0.1, 0.15) is 0 Å². The molecular formula is C19H21N5O3S. The number of pyridine rings is 1. The molecule has 0 saturated carbocycles. The third-order valence-electron chi connectivity index (χ3n) is 3.90. The maximum atomic E-state index is 12.2. The highest BCUT2D eigenvalue weighted by atomic mass is 32.2. The lowest BCUT2D eigenvalue weighted by atomic mass is 10.2. The summed E-state index contributed by atoms with van der Waals surface area (Å²) in [5.74, 6) is 0.504. The van der Waals surface area contributed by atoms with E-state index in [4.69, 9.17) is 0 Å². The molecule has 0 bridgehead atoms. The highest BCUT2D eigenvalue weighted by Gasteiger charge is 2.13. The molecule has 3 aromatic rings. The van der Waals surface area contributed by atoms with Crippen molar-refractivity contribution in [1.82, 2.24) is 20.1 Å². The van der Waals surface area contributed by atoms with Gasteiger partial charge in [-0.25, -0.2) is 22.9 Å². The first-order valence-electron chi connectivity index (χ1n) is 8.78. The molecule has 0 aliphatic carbocycles. The molecular weight excluding hydrogens is 378 g/mol. The molecule has 0 radical (unpaired) electrons. The van der Waals surface area contributed by atoms with Crippen LogP contribution in [0.25, 0.3) is 5.82 Å². The summed E-state index contributed by atoms with van der Waals surface area (Å²) in [6.45, 7) is 0.247. The molecule has 2 N–H and O–H groups in total. The van der Waals surface area contributed by atoms with Crippen molar-refractivity contribution < 1.29 is 13.2 Å². The van der Waals surface area contributed by atoms with Gasteiger partial charge in [-0.2, -0.15) is 5.10 Å². The molecule has 0 fully saturated rings. The van der Waals surface area contributed by atoms with Gasteiger partial charge in [0.2, 0.25) is 0 Å². The summed E-state index contributed by atoms with van der Waals surface area (Å²) in [5, 5.41) is 9.49. The Morgan fingerprint density at radius 3 is 2.61 bits per heavy atom. The molecule has 3 rings (SSSR count). The number of nitrogens with zero attached hydrogens (tertiary/aromatic N) is 3. The topological polar surface area (TPSA) is 106 Å². The van der Waals surface area contributed by atoms with Crippen LogP contribution in [0.5, 0.6) is 0 Å². The molecule has 9 heteroatoms. The van der Waals surface area contributed by atoms with Crippen LogP contribution >= 0.6 is 0 Å². The van der Waals surface area contributed by atoms with Crippen molar-refractivity contribution in [2.45, 2.75) is 12.2 Å². The number of urea groups is 1. The molecule has 1 aromatic carbocycles. The van der Waals surface area contributed by atoms with Gasteiger partial charge in [0.05, 0.1) is 17.2 Å². The van der Waals surface area contributed by atoms with Crippen LogP contribution < -0.4 is 10.6 Å². The average Bonchev–Trinajstić information content (AvgIpc) is 3.21. The smallest absolute Gasteiger partial charge is 0.319 e. The van der Waals surface area contributed by atoms with E-state index in [0.717, 1.165) is 5.56 Å². The number of nitrogens with one attached hydrogen (secondary N) is 2. The second-order valence-electron chi connectivity index (χ2n) is 6.14. The predicted molar refractivity (Wildman–Crippen MR) is 107 cm³/mol. The zero-order valence-corrected chi connectivity index (χ0v) is 16.0. The van der Waals surface area contributed by atoms with E-state index in [1.165, 1.54) is 0 Å². The van der Waals surface area contributed by atoms with Gasteiger partial charge >= 0.3 is 6.03 Å². The third-order valence-corrected chi connectivity index (χ3v) is 5.59. The van der Waals surface area contributed by atoms with E-state index in [2.05, 4.69) is 20.7 Å². The Kier molecular flexibility index (Phi) is 6.38. The summed E-state index contributed by atoms with van der Waals surface area (Å²) in [6.07, 6.45) is 5.29. The molecule has 0 aliphatic heterocycles. The van der Waals surface area contributed by atoms with Gasteiger partial charge in [0.25, 0.3) is 0 Å². The number of rotatable bonds is 8. The lowest BCUT2D eigenvalue weighted by Gasteiger charge is -2.11. The fraction of sp³-hybridized carbons (Fsp3) is 0.211. The van der Waals surface area contributed by atoms with E-state index in [1.807, 2.05) is 18.2 Å². The Bertz CT molecular complexity index is 1010. The van der Waals surface area contributed by atoms with Crippen LogP contribution in [-0.2, 0) is 15.6 Å². The van der Waals surface area contributed by atoms with E-state index >= 15 is 0 Å². The van der Waals surface area contributed by atoms with Crippen LogP contribution in [0.15, 0.2) is 67.1 Å². The number of anilines is 1. The summed E-state index contributed by atoms with van der Waals surface area (Å²) in [6, 6.07) is 13.8. The lowest BCUT2D eigenvalue weighted by Crippen LogP contribution is -2.31. The van der Waals surface area contributed by atoms with Gasteiger partial charge in [-0.1, -0.05) is 30.3 Å². The second-order valence-corrected chi connectivity index (χ2v) is 8.32. The Labute approximate surface area is 163 Å². The van der Waals surface area contributed by atoms with Crippen LogP contribution in [0.2, 0.25) is 0 Å². The molecule has 2 amide bonds. The number of carbonyl (C=O) groups is 1. The van der Waals surface area contributed by atoms with E-state index < -0.39 is 15.9 Å². The van der Waals surface area contributed by atoms with Crippen LogP contribution in [0.4, 0.5) is 10.5 Å². The first-order valence-corrected chi connectivity index (χ1v) is 10.6. The van der Waals surface area contributed by atoms with Gasteiger partial charge in [0.15, 0.2) is 15.7 Å². The zero-order chi connectivity index (χ0) is 19.8. The van der Waals surface area contributed by atoms with Crippen molar-refractivity contribution in [3.05, 3.63) is 72.7 Å². The molecule has 0 aliphatic rings. The molecule has 8 nitrogen and oxygen atoms in total. The highest BCUT2D eigenvalue weighted by Crippen LogP contribution is 2.15. The summed E-state index contributed by atoms with van der Waals surface area (Å²) in [7, 11) is -3.22. The number of benzene rings is 1. The molecule has 0 unspecified atom stereocenters. The predicted octanol–water partition coefficient (Wildman–Crippen LogP) is 2.39. The van der Waals surface area contributed by atoms with Crippen LogP contribution in [-0.4, -0.2) is 41.5 Å². The Balaban J connectivity index is 1.47. The summed E-state index contributed by atoms with van der Waals surface area (Å²) < 4.78 is 25.9. The second kappa shape index (κ2) is 9.14. The number of aromatic nitrogens is 3. The van der Waals surface area contributed by atoms with Gasteiger partial charge in [-0.3, -0.25) is 0 Å². The highest BCUT2D eigenvalue weighted by molar-refractivity contribution is 7.90. The molecule has 146 valence electrons. The van der Waals surface area contributed by atoms with Gasteiger partial charge in [-0.05, 0) is 30.2 Å². The van der Waals surface area contributed by atoms with Crippen molar-refractivity contribution in [2.75, 3.05) is 17.6 Å². The van der Waals surface area contributed by atoms with E-state index in [-0.39, 0.29) is 18.1 Å². The van der Waals surface area contributed by atoms with Crippen molar-refractivity contribution in [3.8, 4) is 5.82 Å². The minimum Gasteiger partial charge on any atom is -0.338 e. The molecule has 2 aromatic heterocycles. The maximum Gasteiger partial charge on any atom is 0.319 e. The summed E-state index contributed by atoms with van der Waals surface area (Å²) >= 11 is 0. The average molecular weight is 399 g/mol. The number of sulfone groups is 1. The summed E-state index contributed by atoms with van der Waals surface area (Å²) in [5.41, 5.74) is 1.26.